The van der Waals surface area contributed by atoms with Crippen molar-refractivity contribution in [2.45, 2.75) is 98.7 Å². The summed E-state index contributed by atoms with van der Waals surface area (Å²) in [5, 5.41) is 5.91. The van der Waals surface area contributed by atoms with Gasteiger partial charge in [0.1, 0.15) is 0 Å². The van der Waals surface area contributed by atoms with Crippen LogP contribution < -0.4 is 5.19 Å². The molecule has 4 aromatic heterocycles. The Kier molecular flexibility index (Phi) is 13.0. The van der Waals surface area contributed by atoms with Crippen LogP contribution in [0.4, 0.5) is 0 Å². The second-order valence-electron chi connectivity index (χ2n) is 20.8. The van der Waals surface area contributed by atoms with E-state index in [1.807, 2.05) is 12.1 Å². The fourth-order valence-electron chi connectivity index (χ4n) is 10.3. The van der Waals surface area contributed by atoms with Crippen LogP contribution in [0.2, 0.25) is 19.6 Å². The molecule has 0 aliphatic heterocycles. The Balaban J connectivity index is 0.000000211. The molecule has 1 aliphatic carbocycles. The van der Waals surface area contributed by atoms with Gasteiger partial charge >= 0.3 is 0 Å². The predicted octanol–water partition coefficient (Wildman–Crippen LogP) is 15.7. The quantitative estimate of drug-likeness (QED) is 0.118. The molecule has 6 aromatic carbocycles. The van der Waals surface area contributed by atoms with Gasteiger partial charge in [0.05, 0.1) is 36.2 Å². The molecule has 1 fully saturated rings. The minimum absolute atomic E-state index is 0. The van der Waals surface area contributed by atoms with Crippen molar-refractivity contribution in [1.82, 2.24) is 19.5 Å². The zero-order valence-electron chi connectivity index (χ0n) is 40.8. The summed E-state index contributed by atoms with van der Waals surface area (Å²) in [6, 6.07) is 51.7. The Bertz CT molecular complexity index is 3420. The first-order chi connectivity index (χ1) is 32.2. The van der Waals surface area contributed by atoms with E-state index in [0.29, 0.717) is 5.71 Å². The van der Waals surface area contributed by atoms with Crippen LogP contribution in [0.15, 0.2) is 138 Å². The largest absolute Gasteiger partial charge is 0.486 e. The number of hydrogen-bond donors (Lipinski definition) is 0. The summed E-state index contributed by atoms with van der Waals surface area (Å²) < 4.78 is 8.97. The summed E-state index contributed by atoms with van der Waals surface area (Å²) in [7, 11) is -1.35. The number of furan rings is 1. The number of nitrogens with zero attached hydrogens (tertiary/aromatic N) is 4. The molecule has 1 saturated carbocycles. The molecule has 11 rings (SSSR count). The van der Waals surface area contributed by atoms with E-state index < -0.39 is 8.07 Å². The maximum Gasteiger partial charge on any atom is 0.216 e. The number of hydrogen-bond acceptors (Lipinski definition) is 4. The van der Waals surface area contributed by atoms with Crippen LogP contribution in [0.3, 0.4) is 0 Å². The third-order valence-electron chi connectivity index (χ3n) is 13.9. The number of rotatable bonds is 7. The minimum atomic E-state index is -1.35. The number of aryl methyl sites for hydroxylation is 3. The topological polar surface area (TPSA) is 56.7 Å². The van der Waals surface area contributed by atoms with Gasteiger partial charge in [-0.1, -0.05) is 156 Å². The van der Waals surface area contributed by atoms with E-state index in [0.717, 1.165) is 83.8 Å². The normalized spacial score (nSPS) is 13.3. The van der Waals surface area contributed by atoms with Crippen LogP contribution >= 0.6 is 0 Å². The maximum absolute atomic E-state index is 6.70. The molecule has 1 radical (unpaired) electrons. The van der Waals surface area contributed by atoms with Gasteiger partial charge in [0.2, 0.25) is 5.71 Å². The van der Waals surface area contributed by atoms with Crippen molar-refractivity contribution in [3.63, 3.8) is 0 Å². The van der Waals surface area contributed by atoms with E-state index in [1.54, 1.807) is 10.8 Å². The average Bonchev–Trinajstić information content (AvgIpc) is 4.07. The zero-order valence-corrected chi connectivity index (χ0v) is 44.2. The Morgan fingerprint density at radius 1 is 0.735 bits per heavy atom. The molecule has 1 aliphatic rings. The first-order valence-corrected chi connectivity index (χ1v) is 27.5. The third-order valence-corrected chi connectivity index (χ3v) is 15.9. The summed E-state index contributed by atoms with van der Waals surface area (Å²) in [6.45, 7) is 20.4. The number of imidazole rings is 1. The van der Waals surface area contributed by atoms with Crippen molar-refractivity contribution < 1.29 is 24.5 Å². The molecule has 0 saturated heterocycles. The summed E-state index contributed by atoms with van der Waals surface area (Å²) in [5.41, 5.74) is 15.9. The van der Waals surface area contributed by atoms with E-state index in [-0.39, 0.29) is 25.5 Å². The molecule has 0 bridgehead atoms. The molecule has 7 heteroatoms. The first kappa shape index (κ1) is 47.1. The van der Waals surface area contributed by atoms with Gasteiger partial charge < -0.3 is 14.0 Å². The molecule has 0 N–H and O–H groups in total. The molecule has 0 amide bonds. The van der Waals surface area contributed by atoms with Crippen molar-refractivity contribution in [3.05, 3.63) is 174 Å². The van der Waals surface area contributed by atoms with Crippen molar-refractivity contribution in [3.8, 4) is 39.6 Å². The molecule has 345 valence electrons. The number of pyridine rings is 2. The summed E-state index contributed by atoms with van der Waals surface area (Å²) in [5.74, 6) is 1.67. The second-order valence-corrected chi connectivity index (χ2v) is 25.8. The van der Waals surface area contributed by atoms with Gasteiger partial charge in [-0.15, -0.1) is 53.6 Å². The van der Waals surface area contributed by atoms with Gasteiger partial charge in [0, 0.05) is 48.3 Å². The fourth-order valence-corrected chi connectivity index (χ4v) is 11.9. The standard InChI is InChI=1S/C41H34N3O.C20H26NSi.Ir/c1-24-10-9-11-25(2)35(24)33-23-21-31-36-26(3)14-20-32(38(36)45-40(31)43-33)39-42-34-22-15-27-12-7-8-13-30(27)37(34)44(39)29-18-16-28(17-19-29)41(4,5)6;1-22(2,3)20-15-21-19(17-11-5-4-6-12-17)14-18(20)13-16-9-7-8-10-16;/h7-19,21-23H,1-6H3;4-6,11,14-16H,7-10,13H2,1-3H3;/q2*-1;. The zero-order chi connectivity index (χ0) is 46.6. The van der Waals surface area contributed by atoms with E-state index in [2.05, 4.69) is 199 Å². The van der Waals surface area contributed by atoms with Crippen molar-refractivity contribution in [1.29, 1.82) is 0 Å². The van der Waals surface area contributed by atoms with Crippen LogP contribution in [0.5, 0.6) is 0 Å². The average molecular weight is 1090 g/mol. The van der Waals surface area contributed by atoms with Gasteiger partial charge in [0.15, 0.2) is 0 Å². The van der Waals surface area contributed by atoms with Crippen LogP contribution in [-0.4, -0.2) is 27.6 Å². The third kappa shape index (κ3) is 9.05. The Hall–Kier alpha value is -5.98. The molecule has 10 aromatic rings. The van der Waals surface area contributed by atoms with Gasteiger partial charge in [0.25, 0.3) is 0 Å². The molecular weight excluding hydrogens is 1030 g/mol. The summed E-state index contributed by atoms with van der Waals surface area (Å²) >= 11 is 0. The SMILES string of the molecule is C[Si](C)(C)c1cnc(-c2[c-]cccc2)cc1CC1CCCC1.Cc1cccc(C)c1-c1ccc2c(n1)oc1c(-c3nc4ccc5ccccc5c4n3-c3ccc(C(C)(C)C)cc3)[c-]cc(C)c12.[Ir]. The predicted molar refractivity (Wildman–Crippen MR) is 283 cm³/mol. The Morgan fingerprint density at radius 2 is 1.47 bits per heavy atom. The molecular formula is C61H60IrN4OSi-2. The molecule has 0 unspecified atom stereocenters. The monoisotopic (exact) mass is 1090 g/mol. The van der Waals surface area contributed by atoms with E-state index in [9.17, 15) is 0 Å². The molecule has 0 atom stereocenters. The number of aromatic nitrogens is 4. The summed E-state index contributed by atoms with van der Waals surface area (Å²) in [6.07, 6.45) is 9.03. The Morgan fingerprint density at radius 3 is 2.18 bits per heavy atom. The second kappa shape index (κ2) is 18.8. The molecule has 0 spiro atoms. The molecule has 5 nitrogen and oxygen atoms in total. The summed E-state index contributed by atoms with van der Waals surface area (Å²) in [4.78, 5) is 15.1. The van der Waals surface area contributed by atoms with Crippen LogP contribution in [0.25, 0.3) is 83.5 Å². The van der Waals surface area contributed by atoms with Crippen LogP contribution in [0.1, 0.15) is 74.3 Å². The fraction of sp³-hybridized carbons (Fsp3) is 0.262. The first-order valence-electron chi connectivity index (χ1n) is 24.0. The van der Waals surface area contributed by atoms with Crippen molar-refractivity contribution in [2.75, 3.05) is 0 Å². The van der Waals surface area contributed by atoms with E-state index in [4.69, 9.17) is 19.4 Å². The van der Waals surface area contributed by atoms with Gasteiger partial charge in [-0.3, -0.25) is 4.98 Å². The van der Waals surface area contributed by atoms with E-state index in [1.165, 1.54) is 54.2 Å². The minimum Gasteiger partial charge on any atom is -0.486 e. The van der Waals surface area contributed by atoms with E-state index >= 15 is 0 Å². The number of fused-ring (bicyclic) bond motifs is 6. The smallest absolute Gasteiger partial charge is 0.216 e. The van der Waals surface area contributed by atoms with Crippen molar-refractivity contribution in [2.24, 2.45) is 5.92 Å². The van der Waals surface area contributed by atoms with Gasteiger partial charge in [-0.25, -0.2) is 4.98 Å². The Labute approximate surface area is 416 Å². The maximum atomic E-state index is 6.70. The van der Waals surface area contributed by atoms with Gasteiger partial charge in [-0.05, 0) is 94.9 Å². The van der Waals surface area contributed by atoms with Gasteiger partial charge in [-0.2, -0.15) is 0 Å². The van der Waals surface area contributed by atoms with Crippen molar-refractivity contribution >= 4 is 57.1 Å². The molecule has 68 heavy (non-hydrogen) atoms. The van der Waals surface area contributed by atoms with Crippen LogP contribution in [0, 0.1) is 38.8 Å². The molecule has 4 heterocycles. The number of benzene rings is 6. The van der Waals surface area contributed by atoms with Crippen LogP contribution in [-0.2, 0) is 31.9 Å².